The van der Waals surface area contributed by atoms with Gasteiger partial charge in [-0.2, -0.15) is 5.10 Å². The van der Waals surface area contributed by atoms with Gasteiger partial charge < -0.3 is 22.1 Å². The first-order valence-corrected chi connectivity index (χ1v) is 12.0. The van der Waals surface area contributed by atoms with Gasteiger partial charge in [-0.15, -0.1) is 0 Å². The third-order valence-corrected chi connectivity index (χ3v) is 5.92. The van der Waals surface area contributed by atoms with Crippen molar-refractivity contribution >= 4 is 11.9 Å². The molecule has 0 bridgehead atoms. The molecule has 2 unspecified atom stereocenters. The van der Waals surface area contributed by atoms with Gasteiger partial charge in [-0.05, 0) is 67.1 Å². The molecule has 3 aromatic rings. The van der Waals surface area contributed by atoms with Gasteiger partial charge in [0.05, 0.1) is 24.3 Å². The SMILES string of the molecule is CC(C)c1c(C(=O)NCc2ccc(F)cc2)nn(-c2ccc(F)cc2)c1CCC(O)CC(O)CC(=O)O.[H-].[Na+]. The van der Waals surface area contributed by atoms with Gasteiger partial charge in [0, 0.05) is 17.8 Å². The Hall–Kier alpha value is -2.63. The van der Waals surface area contributed by atoms with Gasteiger partial charge >= 0.3 is 35.5 Å². The van der Waals surface area contributed by atoms with Crippen LogP contribution in [0.4, 0.5) is 8.78 Å². The minimum absolute atomic E-state index is 0. The van der Waals surface area contributed by atoms with Gasteiger partial charge in [-0.25, -0.2) is 13.5 Å². The second kappa shape index (κ2) is 14.5. The van der Waals surface area contributed by atoms with E-state index in [0.29, 0.717) is 22.5 Å². The van der Waals surface area contributed by atoms with Gasteiger partial charge in [0.1, 0.15) is 11.6 Å². The first kappa shape index (κ1) is 31.6. The smallest absolute Gasteiger partial charge is 1.00 e. The number of carboxylic acid groups (broad SMARTS) is 1. The molecule has 1 amide bonds. The van der Waals surface area contributed by atoms with Gasteiger partial charge in [0.25, 0.3) is 5.91 Å². The Morgan fingerprint density at radius 2 is 1.58 bits per heavy atom. The number of carbonyl (C=O) groups excluding carboxylic acids is 1. The first-order chi connectivity index (χ1) is 17.5. The van der Waals surface area contributed by atoms with Crippen LogP contribution in [0, 0.1) is 11.6 Å². The van der Waals surface area contributed by atoms with Crippen molar-refractivity contribution < 1.29 is 64.7 Å². The average molecular weight is 540 g/mol. The van der Waals surface area contributed by atoms with E-state index in [0.717, 1.165) is 0 Å². The molecule has 0 aliphatic rings. The normalized spacial score (nSPS) is 12.6. The predicted molar refractivity (Wildman–Crippen MR) is 133 cm³/mol. The number of rotatable bonds is 12. The third kappa shape index (κ3) is 8.71. The maximum Gasteiger partial charge on any atom is 1.00 e. The molecule has 2 aromatic carbocycles. The van der Waals surface area contributed by atoms with Crippen molar-refractivity contribution in [3.05, 3.63) is 82.7 Å². The number of nitrogens with one attached hydrogen (secondary N) is 1. The maximum absolute atomic E-state index is 13.6. The second-order valence-corrected chi connectivity index (χ2v) is 9.24. The van der Waals surface area contributed by atoms with Crippen LogP contribution in [0.5, 0.6) is 0 Å². The fourth-order valence-corrected chi connectivity index (χ4v) is 4.16. The Kier molecular flexibility index (Phi) is 12.1. The van der Waals surface area contributed by atoms with Crippen LogP contribution < -0.4 is 34.9 Å². The molecule has 200 valence electrons. The number of aliphatic hydroxyl groups is 2. The number of carbonyl (C=O) groups is 2. The van der Waals surface area contributed by atoms with Crippen LogP contribution in [0.1, 0.15) is 67.8 Å². The molecule has 11 heteroatoms. The largest absolute Gasteiger partial charge is 1.00 e. The Balaban J connectivity index is 0.00000380. The van der Waals surface area contributed by atoms with Crippen molar-refractivity contribution in [2.24, 2.45) is 0 Å². The molecule has 0 radical (unpaired) electrons. The van der Waals surface area contributed by atoms with Crippen molar-refractivity contribution in [1.29, 1.82) is 0 Å². The molecule has 0 aliphatic heterocycles. The molecule has 2 atom stereocenters. The fourth-order valence-electron chi connectivity index (χ4n) is 4.16. The van der Waals surface area contributed by atoms with E-state index in [-0.39, 0.29) is 74.2 Å². The summed E-state index contributed by atoms with van der Waals surface area (Å²) >= 11 is 0. The fraction of sp³-hybridized carbons (Fsp3) is 0.370. The van der Waals surface area contributed by atoms with Crippen LogP contribution in [-0.4, -0.2) is 49.2 Å². The van der Waals surface area contributed by atoms with E-state index in [9.17, 15) is 28.6 Å². The van der Waals surface area contributed by atoms with Gasteiger partial charge in [0.2, 0.25) is 0 Å². The van der Waals surface area contributed by atoms with E-state index in [1.165, 1.54) is 36.4 Å². The van der Waals surface area contributed by atoms with Crippen molar-refractivity contribution in [3.8, 4) is 5.69 Å². The van der Waals surface area contributed by atoms with Gasteiger partial charge in [-0.3, -0.25) is 9.59 Å². The predicted octanol–water partition coefficient (Wildman–Crippen LogP) is 0.840. The van der Waals surface area contributed by atoms with Crippen molar-refractivity contribution in [2.45, 2.75) is 64.2 Å². The Bertz CT molecular complexity index is 1220. The topological polar surface area (TPSA) is 125 Å². The average Bonchev–Trinajstić information content (AvgIpc) is 3.22. The summed E-state index contributed by atoms with van der Waals surface area (Å²) in [5, 5.41) is 36.5. The summed E-state index contributed by atoms with van der Waals surface area (Å²) in [5.74, 6) is -2.54. The molecule has 0 aliphatic carbocycles. The Morgan fingerprint density at radius 1 is 1.00 bits per heavy atom. The zero-order valence-electron chi connectivity index (χ0n) is 22.7. The van der Waals surface area contributed by atoms with Crippen LogP contribution in [0.3, 0.4) is 0 Å². The second-order valence-electron chi connectivity index (χ2n) is 9.24. The van der Waals surface area contributed by atoms with Crippen LogP contribution in [0.25, 0.3) is 5.69 Å². The van der Waals surface area contributed by atoms with Crippen molar-refractivity contribution in [3.63, 3.8) is 0 Å². The zero-order valence-corrected chi connectivity index (χ0v) is 23.7. The molecule has 0 saturated carbocycles. The molecule has 8 nitrogen and oxygen atoms in total. The molecule has 0 spiro atoms. The number of aromatic nitrogens is 2. The maximum atomic E-state index is 13.6. The van der Waals surface area contributed by atoms with Gasteiger partial charge in [0.15, 0.2) is 5.69 Å². The number of hydrogen-bond acceptors (Lipinski definition) is 5. The summed E-state index contributed by atoms with van der Waals surface area (Å²) in [5.41, 5.74) is 2.70. The number of aliphatic carboxylic acids is 1. The molecule has 38 heavy (non-hydrogen) atoms. The Morgan fingerprint density at radius 3 is 2.13 bits per heavy atom. The minimum atomic E-state index is -1.19. The van der Waals surface area contributed by atoms with Crippen molar-refractivity contribution in [2.75, 3.05) is 0 Å². The molecule has 4 N–H and O–H groups in total. The number of amides is 1. The monoisotopic (exact) mass is 539 g/mol. The molecule has 3 rings (SSSR count). The third-order valence-electron chi connectivity index (χ3n) is 5.92. The van der Waals surface area contributed by atoms with E-state index in [4.69, 9.17) is 5.11 Å². The van der Waals surface area contributed by atoms with E-state index in [1.807, 2.05) is 13.8 Å². The summed E-state index contributed by atoms with van der Waals surface area (Å²) < 4.78 is 28.3. The number of halogens is 2. The molecular weight excluding hydrogens is 507 g/mol. The minimum Gasteiger partial charge on any atom is -1.00 e. The number of nitrogens with zero attached hydrogens (tertiary/aromatic N) is 2. The van der Waals surface area contributed by atoms with Crippen LogP contribution in [-0.2, 0) is 17.8 Å². The molecule has 0 saturated heterocycles. The standard InChI is InChI=1S/C27H31F2N3O5.Na.H/c1-16(2)25-23(12-11-21(33)13-22(34)14-24(35)36)32(20-9-7-19(29)8-10-20)31-26(25)27(37)30-15-17-3-5-18(28)6-4-17;;/h3-10,16,21-22,33-34H,11-15H2,1-2H3,(H,30,37)(H,35,36);;/q;+1;-1. The van der Waals surface area contributed by atoms with Crippen molar-refractivity contribution in [1.82, 2.24) is 15.1 Å². The molecular formula is C27H32F2N3NaO5. The number of carboxylic acids is 1. The number of aliphatic hydroxyl groups excluding tert-OH is 2. The van der Waals surface area contributed by atoms with Crippen LogP contribution >= 0.6 is 0 Å². The Labute approximate surface area is 243 Å². The summed E-state index contributed by atoms with van der Waals surface area (Å²) in [7, 11) is 0. The van der Waals surface area contributed by atoms with Crippen LogP contribution in [0.2, 0.25) is 0 Å². The number of benzene rings is 2. The molecule has 1 aromatic heterocycles. The zero-order chi connectivity index (χ0) is 27.1. The quantitative estimate of drug-likeness (QED) is 0.253. The van der Waals surface area contributed by atoms with Gasteiger partial charge in [-0.1, -0.05) is 26.0 Å². The summed E-state index contributed by atoms with van der Waals surface area (Å²) in [6.45, 7) is 3.97. The molecule has 0 fully saturated rings. The molecule has 1 heterocycles. The summed E-state index contributed by atoms with van der Waals surface area (Å²) in [6.07, 6.45) is -2.31. The van der Waals surface area contributed by atoms with E-state index >= 15 is 0 Å². The van der Waals surface area contributed by atoms with E-state index < -0.39 is 36.3 Å². The summed E-state index contributed by atoms with van der Waals surface area (Å²) in [6, 6.07) is 11.4. The first-order valence-electron chi connectivity index (χ1n) is 12.0. The number of hydrogen-bond donors (Lipinski definition) is 4. The van der Waals surface area contributed by atoms with E-state index in [2.05, 4.69) is 10.4 Å². The van der Waals surface area contributed by atoms with E-state index in [1.54, 1.807) is 16.8 Å². The van der Waals surface area contributed by atoms with Crippen LogP contribution in [0.15, 0.2) is 48.5 Å². The summed E-state index contributed by atoms with van der Waals surface area (Å²) in [4.78, 5) is 24.0.